The molecule has 0 atom stereocenters. The summed E-state index contributed by atoms with van der Waals surface area (Å²) in [6, 6.07) is 20.1. The minimum atomic E-state index is 0.151. The number of fused-ring (bicyclic) bond motifs is 1. The van der Waals surface area contributed by atoms with Gasteiger partial charge < -0.3 is 14.1 Å². The van der Waals surface area contributed by atoms with E-state index in [0.717, 1.165) is 16.6 Å². The van der Waals surface area contributed by atoms with Gasteiger partial charge in [-0.3, -0.25) is 0 Å². The normalized spacial score (nSPS) is 10.5. The molecule has 25 heavy (non-hydrogen) atoms. The van der Waals surface area contributed by atoms with Crippen molar-refractivity contribution < 1.29 is 9.52 Å². The quantitative estimate of drug-likeness (QED) is 0.594. The summed E-state index contributed by atoms with van der Waals surface area (Å²) in [5, 5.41) is 29.5. The highest BCUT2D eigenvalue weighted by molar-refractivity contribution is 5.96. The molecule has 0 unspecified atom stereocenters. The largest absolute Gasteiger partial charge is 0.508 e. The number of hydrogen-bond acceptors (Lipinski definition) is 4. The van der Waals surface area contributed by atoms with Crippen LogP contribution in [0, 0.1) is 22.7 Å². The maximum atomic E-state index is 9.76. The van der Waals surface area contributed by atoms with Gasteiger partial charge in [-0.15, -0.1) is 0 Å². The lowest BCUT2D eigenvalue weighted by molar-refractivity contribution is 0.475. The van der Waals surface area contributed by atoms with Crippen molar-refractivity contribution in [3.8, 4) is 35.0 Å². The fraction of sp³-hybridized carbons (Fsp3) is 0. The van der Waals surface area contributed by atoms with Crippen LogP contribution < -0.4 is 0 Å². The third-order valence-corrected chi connectivity index (χ3v) is 4.10. The summed E-state index contributed by atoms with van der Waals surface area (Å²) in [4.78, 5) is 0. The molecule has 0 bridgehead atoms. The summed E-state index contributed by atoms with van der Waals surface area (Å²) in [6.07, 6.45) is 1.44. The van der Waals surface area contributed by atoms with Gasteiger partial charge in [-0.2, -0.15) is 10.5 Å². The number of aromatic hydroxyl groups is 1. The molecule has 4 aromatic rings. The standard InChI is InChI=1S/C20H11N3O2/c21-11-13-9-10-25-20(13)19-17(12-22)16-3-1-2-4-18(16)23(19)14-5-7-15(24)8-6-14/h1-10,24H. The van der Waals surface area contributed by atoms with Gasteiger partial charge in [-0.05, 0) is 36.4 Å². The summed E-state index contributed by atoms with van der Waals surface area (Å²) in [5.74, 6) is 0.501. The topological polar surface area (TPSA) is 85.9 Å². The fourth-order valence-corrected chi connectivity index (χ4v) is 3.02. The van der Waals surface area contributed by atoms with Gasteiger partial charge in [0, 0.05) is 11.1 Å². The Morgan fingerprint density at radius 2 is 1.68 bits per heavy atom. The van der Waals surface area contributed by atoms with Gasteiger partial charge in [0.2, 0.25) is 0 Å². The van der Waals surface area contributed by atoms with Gasteiger partial charge in [-0.25, -0.2) is 0 Å². The number of hydrogen-bond donors (Lipinski definition) is 1. The SMILES string of the molecule is N#Cc1ccoc1-c1c(C#N)c2ccccc2n1-c1ccc(O)cc1. The first kappa shape index (κ1) is 14.6. The smallest absolute Gasteiger partial charge is 0.169 e. The Morgan fingerprint density at radius 3 is 2.40 bits per heavy atom. The van der Waals surface area contributed by atoms with E-state index in [0.29, 0.717) is 22.6 Å². The van der Waals surface area contributed by atoms with Gasteiger partial charge in [-0.1, -0.05) is 18.2 Å². The number of phenols is 1. The molecule has 0 aliphatic carbocycles. The van der Waals surface area contributed by atoms with Crippen molar-refractivity contribution in [2.45, 2.75) is 0 Å². The van der Waals surface area contributed by atoms with Crippen LogP contribution in [-0.4, -0.2) is 9.67 Å². The van der Waals surface area contributed by atoms with Gasteiger partial charge in [0.15, 0.2) is 5.76 Å². The number of benzene rings is 2. The van der Waals surface area contributed by atoms with Crippen LogP contribution in [0.15, 0.2) is 65.3 Å². The second kappa shape index (κ2) is 5.59. The molecule has 0 amide bonds. The zero-order valence-corrected chi connectivity index (χ0v) is 13.0. The highest BCUT2D eigenvalue weighted by Gasteiger charge is 2.24. The highest BCUT2D eigenvalue weighted by Crippen LogP contribution is 2.37. The number of para-hydroxylation sites is 1. The maximum Gasteiger partial charge on any atom is 0.169 e. The van der Waals surface area contributed by atoms with E-state index in [-0.39, 0.29) is 5.75 Å². The molecule has 2 aromatic carbocycles. The van der Waals surface area contributed by atoms with Gasteiger partial charge in [0.1, 0.15) is 23.6 Å². The summed E-state index contributed by atoms with van der Waals surface area (Å²) in [6.45, 7) is 0. The first-order chi connectivity index (χ1) is 12.2. The van der Waals surface area contributed by atoms with Crippen LogP contribution in [0.3, 0.4) is 0 Å². The second-order valence-corrected chi connectivity index (χ2v) is 5.48. The van der Waals surface area contributed by atoms with Crippen LogP contribution in [-0.2, 0) is 0 Å². The van der Waals surface area contributed by atoms with Gasteiger partial charge in [0.25, 0.3) is 0 Å². The van der Waals surface area contributed by atoms with E-state index in [9.17, 15) is 15.6 Å². The van der Waals surface area contributed by atoms with Crippen LogP contribution in [0.5, 0.6) is 5.75 Å². The third kappa shape index (κ3) is 2.15. The molecular weight excluding hydrogens is 314 g/mol. The summed E-state index contributed by atoms with van der Waals surface area (Å²) < 4.78 is 7.42. The van der Waals surface area contributed by atoms with Crippen molar-refractivity contribution in [3.63, 3.8) is 0 Å². The van der Waals surface area contributed by atoms with E-state index in [2.05, 4.69) is 12.1 Å². The number of nitriles is 2. The third-order valence-electron chi connectivity index (χ3n) is 4.10. The van der Waals surface area contributed by atoms with Crippen LogP contribution in [0.4, 0.5) is 0 Å². The van der Waals surface area contributed by atoms with E-state index in [4.69, 9.17) is 4.42 Å². The monoisotopic (exact) mass is 325 g/mol. The van der Waals surface area contributed by atoms with Crippen LogP contribution >= 0.6 is 0 Å². The van der Waals surface area contributed by atoms with E-state index >= 15 is 0 Å². The molecule has 5 heteroatoms. The molecule has 2 heterocycles. The summed E-state index contributed by atoms with van der Waals surface area (Å²) in [5.41, 5.74) is 2.90. The minimum absolute atomic E-state index is 0.151. The molecule has 1 N–H and O–H groups in total. The van der Waals surface area contributed by atoms with Crippen molar-refractivity contribution in [2.24, 2.45) is 0 Å². The van der Waals surface area contributed by atoms with Crippen LogP contribution in [0.2, 0.25) is 0 Å². The zero-order chi connectivity index (χ0) is 17.4. The van der Waals surface area contributed by atoms with E-state index in [1.165, 1.54) is 6.26 Å². The predicted octanol–water partition coefficient (Wildman–Crippen LogP) is 4.34. The van der Waals surface area contributed by atoms with Crippen LogP contribution in [0.1, 0.15) is 11.1 Å². The Kier molecular flexibility index (Phi) is 3.27. The predicted molar refractivity (Wildman–Crippen MR) is 92.1 cm³/mol. The fourth-order valence-electron chi connectivity index (χ4n) is 3.02. The molecule has 0 aliphatic heterocycles. The second-order valence-electron chi connectivity index (χ2n) is 5.48. The molecule has 0 aliphatic rings. The number of aromatic nitrogens is 1. The van der Waals surface area contributed by atoms with Crippen molar-refractivity contribution in [1.29, 1.82) is 10.5 Å². The highest BCUT2D eigenvalue weighted by atomic mass is 16.3. The Morgan fingerprint density at radius 1 is 0.920 bits per heavy atom. The van der Waals surface area contributed by atoms with Crippen molar-refractivity contribution >= 4 is 10.9 Å². The first-order valence-corrected chi connectivity index (χ1v) is 7.55. The molecule has 118 valence electrons. The van der Waals surface area contributed by atoms with Crippen LogP contribution in [0.25, 0.3) is 28.0 Å². The van der Waals surface area contributed by atoms with Crippen molar-refractivity contribution in [1.82, 2.24) is 4.57 Å². The van der Waals surface area contributed by atoms with E-state index in [1.807, 2.05) is 28.8 Å². The Labute approximate surface area is 143 Å². The molecular formula is C20H11N3O2. The molecule has 0 radical (unpaired) electrons. The molecule has 2 aromatic heterocycles. The van der Waals surface area contributed by atoms with Gasteiger partial charge in [0.05, 0.1) is 22.9 Å². The number of phenolic OH excluding ortho intramolecular Hbond substituents is 1. The molecule has 4 rings (SSSR count). The molecule has 0 spiro atoms. The summed E-state index contributed by atoms with van der Waals surface area (Å²) >= 11 is 0. The number of rotatable bonds is 2. The van der Waals surface area contributed by atoms with E-state index in [1.54, 1.807) is 30.3 Å². The Hall–Kier alpha value is -3.96. The number of furan rings is 1. The average Bonchev–Trinajstić information content (AvgIpc) is 3.23. The van der Waals surface area contributed by atoms with Gasteiger partial charge >= 0.3 is 0 Å². The van der Waals surface area contributed by atoms with Crippen molar-refractivity contribution in [3.05, 3.63) is 72.0 Å². The molecule has 0 saturated heterocycles. The lowest BCUT2D eigenvalue weighted by Gasteiger charge is -2.10. The molecule has 5 nitrogen and oxygen atoms in total. The lowest BCUT2D eigenvalue weighted by Crippen LogP contribution is -1.97. The molecule has 0 saturated carbocycles. The van der Waals surface area contributed by atoms with Crippen molar-refractivity contribution in [2.75, 3.05) is 0 Å². The minimum Gasteiger partial charge on any atom is -0.508 e. The Balaban J connectivity index is 2.17. The maximum absolute atomic E-state index is 9.76. The average molecular weight is 325 g/mol. The lowest BCUT2D eigenvalue weighted by atomic mass is 10.1. The Bertz CT molecular complexity index is 1170. The summed E-state index contributed by atoms with van der Waals surface area (Å²) in [7, 11) is 0. The van der Waals surface area contributed by atoms with E-state index < -0.39 is 0 Å². The number of nitrogens with zero attached hydrogens (tertiary/aromatic N) is 3. The first-order valence-electron chi connectivity index (χ1n) is 7.55. The molecule has 0 fully saturated rings. The zero-order valence-electron chi connectivity index (χ0n) is 13.0.